The molecule has 0 unspecified atom stereocenters. The summed E-state index contributed by atoms with van der Waals surface area (Å²) in [4.78, 5) is 23.1. The van der Waals surface area contributed by atoms with E-state index in [4.69, 9.17) is 0 Å². The molecule has 6 heteroatoms. The third-order valence-corrected chi connectivity index (χ3v) is 4.59. The number of nitrogens with one attached hydrogen (secondary N) is 1. The molecule has 0 aliphatic carbocycles. The van der Waals surface area contributed by atoms with E-state index in [1.807, 2.05) is 7.05 Å². The van der Waals surface area contributed by atoms with E-state index in [0.717, 1.165) is 30.9 Å². The van der Waals surface area contributed by atoms with E-state index >= 15 is 0 Å². The van der Waals surface area contributed by atoms with E-state index in [-0.39, 0.29) is 11.8 Å². The topological polar surface area (TPSA) is 63.1 Å². The van der Waals surface area contributed by atoms with E-state index < -0.39 is 0 Å². The molecule has 1 aliphatic heterocycles. The van der Waals surface area contributed by atoms with E-state index in [9.17, 15) is 4.79 Å². The van der Waals surface area contributed by atoms with Crippen LogP contribution >= 0.6 is 0 Å². The first-order valence-electron chi connectivity index (χ1n) is 8.05. The van der Waals surface area contributed by atoms with Crippen molar-refractivity contribution >= 4 is 11.7 Å². The maximum absolute atomic E-state index is 12.5. The predicted molar refractivity (Wildman–Crippen MR) is 89.0 cm³/mol. The number of hydrogen-bond acceptors (Lipinski definition) is 4. The first-order valence-corrected chi connectivity index (χ1v) is 8.05. The molecule has 3 rings (SSSR count). The van der Waals surface area contributed by atoms with Gasteiger partial charge in [-0.25, -0.2) is 4.98 Å². The lowest BCUT2D eigenvalue weighted by molar-refractivity contribution is -0.125. The number of amides is 1. The van der Waals surface area contributed by atoms with Crippen LogP contribution < -0.4 is 10.2 Å². The Morgan fingerprint density at radius 1 is 1.39 bits per heavy atom. The maximum atomic E-state index is 12.5. The summed E-state index contributed by atoms with van der Waals surface area (Å²) in [5.41, 5.74) is 2.32. The second kappa shape index (κ2) is 6.81. The van der Waals surface area contributed by atoms with Crippen LogP contribution in [0, 0.1) is 12.8 Å². The van der Waals surface area contributed by atoms with Gasteiger partial charge < -0.3 is 14.8 Å². The van der Waals surface area contributed by atoms with Crippen molar-refractivity contribution in [1.82, 2.24) is 19.9 Å². The molecule has 1 saturated heterocycles. The Morgan fingerprint density at radius 2 is 2.26 bits per heavy atom. The number of aromatic nitrogens is 3. The van der Waals surface area contributed by atoms with E-state index in [0.29, 0.717) is 13.1 Å². The molecule has 0 radical (unpaired) electrons. The predicted octanol–water partition coefficient (Wildman–Crippen LogP) is 1.66. The molecule has 1 fully saturated rings. The molecule has 6 nitrogen and oxygen atoms in total. The lowest BCUT2D eigenvalue weighted by atomic mass is 9.97. The van der Waals surface area contributed by atoms with Gasteiger partial charge in [0.25, 0.3) is 0 Å². The van der Waals surface area contributed by atoms with Crippen LogP contribution in [0.5, 0.6) is 0 Å². The van der Waals surface area contributed by atoms with Gasteiger partial charge in [0.15, 0.2) is 0 Å². The summed E-state index contributed by atoms with van der Waals surface area (Å²) in [6, 6.07) is 4.13. The van der Waals surface area contributed by atoms with Crippen molar-refractivity contribution in [2.75, 3.05) is 18.0 Å². The molecule has 1 N–H and O–H groups in total. The molecule has 122 valence electrons. The zero-order valence-corrected chi connectivity index (χ0v) is 13.7. The number of rotatable bonds is 4. The van der Waals surface area contributed by atoms with Crippen molar-refractivity contribution in [3.63, 3.8) is 0 Å². The highest BCUT2D eigenvalue weighted by molar-refractivity contribution is 5.79. The smallest absolute Gasteiger partial charge is 0.225 e. The second-order valence-electron chi connectivity index (χ2n) is 6.09. The van der Waals surface area contributed by atoms with Crippen molar-refractivity contribution in [2.24, 2.45) is 13.0 Å². The third-order valence-electron chi connectivity index (χ3n) is 4.59. The van der Waals surface area contributed by atoms with Crippen LogP contribution in [0.15, 0.2) is 30.7 Å². The molecule has 2 aromatic heterocycles. The fourth-order valence-electron chi connectivity index (χ4n) is 3.02. The Kier molecular flexibility index (Phi) is 4.60. The second-order valence-corrected chi connectivity index (χ2v) is 6.09. The summed E-state index contributed by atoms with van der Waals surface area (Å²) in [6.07, 6.45) is 7.04. The Hall–Kier alpha value is -2.37. The van der Waals surface area contributed by atoms with Gasteiger partial charge in [-0.1, -0.05) is 0 Å². The van der Waals surface area contributed by atoms with Gasteiger partial charge in [0, 0.05) is 43.9 Å². The van der Waals surface area contributed by atoms with E-state index in [1.54, 1.807) is 18.6 Å². The fourth-order valence-corrected chi connectivity index (χ4v) is 3.02. The van der Waals surface area contributed by atoms with Crippen LogP contribution in [0.1, 0.15) is 24.2 Å². The molecule has 0 aromatic carbocycles. The average molecular weight is 313 g/mol. The highest BCUT2D eigenvalue weighted by Crippen LogP contribution is 2.21. The van der Waals surface area contributed by atoms with Crippen LogP contribution in [0.3, 0.4) is 0 Å². The van der Waals surface area contributed by atoms with Crippen LogP contribution in [-0.4, -0.2) is 33.5 Å². The van der Waals surface area contributed by atoms with Gasteiger partial charge in [0.1, 0.15) is 5.82 Å². The Balaban J connectivity index is 1.58. The van der Waals surface area contributed by atoms with E-state index in [1.165, 1.54) is 5.69 Å². The number of hydrogen-bond donors (Lipinski definition) is 1. The van der Waals surface area contributed by atoms with Gasteiger partial charge >= 0.3 is 0 Å². The zero-order valence-electron chi connectivity index (χ0n) is 13.7. The summed E-state index contributed by atoms with van der Waals surface area (Å²) in [5, 5.41) is 3.07. The zero-order chi connectivity index (χ0) is 16.2. The van der Waals surface area contributed by atoms with Crippen LogP contribution in [0.2, 0.25) is 0 Å². The summed E-state index contributed by atoms with van der Waals surface area (Å²) >= 11 is 0. The molecular weight excluding hydrogens is 290 g/mol. The minimum Gasteiger partial charge on any atom is -0.355 e. The molecule has 0 spiro atoms. The third kappa shape index (κ3) is 3.52. The van der Waals surface area contributed by atoms with Gasteiger partial charge in [-0.2, -0.15) is 0 Å². The van der Waals surface area contributed by atoms with Crippen LogP contribution in [-0.2, 0) is 18.4 Å². The quantitative estimate of drug-likeness (QED) is 0.932. The average Bonchev–Trinajstić information content (AvgIpc) is 2.92. The summed E-state index contributed by atoms with van der Waals surface area (Å²) in [6.45, 7) is 4.27. The number of nitrogens with zero attached hydrogens (tertiary/aromatic N) is 4. The highest BCUT2D eigenvalue weighted by atomic mass is 16.1. The van der Waals surface area contributed by atoms with Crippen molar-refractivity contribution < 1.29 is 4.79 Å². The first kappa shape index (κ1) is 15.5. The first-order chi connectivity index (χ1) is 11.1. The largest absolute Gasteiger partial charge is 0.355 e. The molecular formula is C17H23N5O. The Labute approximate surface area is 136 Å². The van der Waals surface area contributed by atoms with Crippen molar-refractivity contribution in [2.45, 2.75) is 26.3 Å². The van der Waals surface area contributed by atoms with Crippen molar-refractivity contribution in [3.8, 4) is 0 Å². The summed E-state index contributed by atoms with van der Waals surface area (Å²) < 4.78 is 2.10. The lowest BCUT2D eigenvalue weighted by Gasteiger charge is -2.32. The van der Waals surface area contributed by atoms with Gasteiger partial charge in [0.05, 0.1) is 18.7 Å². The SMILES string of the molecule is Cc1ccc(CNC(=O)[C@H]2CCCN(c3cnccn3)C2)n1C. The number of carbonyl (C=O) groups excluding carboxylic acids is 1. The molecule has 0 saturated carbocycles. The molecule has 23 heavy (non-hydrogen) atoms. The Morgan fingerprint density at radius 3 is 2.96 bits per heavy atom. The van der Waals surface area contributed by atoms with Crippen molar-refractivity contribution in [1.29, 1.82) is 0 Å². The normalized spacial score (nSPS) is 18.0. The minimum atomic E-state index is 0.00659. The molecule has 1 atom stereocenters. The number of carbonyl (C=O) groups is 1. The standard InChI is InChI=1S/C17H23N5O/c1-13-5-6-15(21(13)2)10-20-17(23)14-4-3-9-22(12-14)16-11-18-7-8-19-16/h5-8,11,14H,3-4,9-10,12H2,1-2H3,(H,20,23)/t14-/m0/s1. The maximum Gasteiger partial charge on any atom is 0.225 e. The van der Waals surface area contributed by atoms with Crippen LogP contribution in [0.25, 0.3) is 0 Å². The summed E-state index contributed by atoms with van der Waals surface area (Å²) in [7, 11) is 2.02. The summed E-state index contributed by atoms with van der Waals surface area (Å²) in [5.74, 6) is 0.979. The van der Waals surface area contributed by atoms with E-state index in [2.05, 4.69) is 43.8 Å². The minimum absolute atomic E-state index is 0.00659. The van der Waals surface area contributed by atoms with Gasteiger partial charge in [-0.15, -0.1) is 0 Å². The molecule has 3 heterocycles. The van der Waals surface area contributed by atoms with Gasteiger partial charge in [-0.05, 0) is 31.9 Å². The monoisotopic (exact) mass is 313 g/mol. The number of anilines is 1. The number of piperidine rings is 1. The Bertz CT molecular complexity index is 667. The molecule has 2 aromatic rings. The van der Waals surface area contributed by atoms with Crippen molar-refractivity contribution in [3.05, 3.63) is 42.1 Å². The number of aryl methyl sites for hydroxylation is 1. The highest BCUT2D eigenvalue weighted by Gasteiger charge is 2.26. The lowest BCUT2D eigenvalue weighted by Crippen LogP contribution is -2.43. The molecule has 0 bridgehead atoms. The van der Waals surface area contributed by atoms with Gasteiger partial charge in [-0.3, -0.25) is 9.78 Å². The molecule has 1 aliphatic rings. The van der Waals surface area contributed by atoms with Gasteiger partial charge in [0.2, 0.25) is 5.91 Å². The van der Waals surface area contributed by atoms with Crippen LogP contribution in [0.4, 0.5) is 5.82 Å². The fraction of sp³-hybridized carbons (Fsp3) is 0.471. The molecule has 1 amide bonds.